The van der Waals surface area contributed by atoms with Crippen LogP contribution in [-0.4, -0.2) is 90.4 Å². The minimum absolute atomic E-state index is 0.0299. The van der Waals surface area contributed by atoms with Crippen molar-refractivity contribution in [1.82, 2.24) is 39.1 Å². The Morgan fingerprint density at radius 2 is 1.86 bits per heavy atom. The predicted molar refractivity (Wildman–Crippen MR) is 229 cm³/mol. The van der Waals surface area contributed by atoms with Crippen LogP contribution >= 0.6 is 0 Å². The first-order valence-corrected chi connectivity index (χ1v) is 22.2. The Bertz CT molecular complexity index is 2530. The topological polar surface area (TPSA) is 183 Å². The van der Waals surface area contributed by atoms with Gasteiger partial charge in [0, 0.05) is 57.2 Å². The number of para-hydroxylation sites is 1. The number of benzene rings is 1. The number of hydrogen-bond acceptors (Lipinski definition) is 11. The quantitative estimate of drug-likeness (QED) is 0.0693. The lowest BCUT2D eigenvalue weighted by Crippen LogP contribution is -2.48. The normalized spacial score (nSPS) is 22.7. The summed E-state index contributed by atoms with van der Waals surface area (Å²) in [5.41, 5.74) is 2.34. The number of piperidine rings is 1. The van der Waals surface area contributed by atoms with Crippen molar-refractivity contribution in [2.24, 2.45) is 18.9 Å². The number of imidazole rings is 1. The molecule has 0 spiro atoms. The van der Waals surface area contributed by atoms with Crippen LogP contribution in [0.3, 0.4) is 0 Å². The molecule has 3 N–H and O–H groups in total. The summed E-state index contributed by atoms with van der Waals surface area (Å²) >= 11 is 0. The van der Waals surface area contributed by atoms with Gasteiger partial charge in [-0.2, -0.15) is 5.10 Å². The number of aryl methyl sites for hydroxylation is 2. The Balaban J connectivity index is 0.712. The van der Waals surface area contributed by atoms with E-state index < -0.39 is 30.0 Å². The number of carbonyl (C=O) groups is 3. The summed E-state index contributed by atoms with van der Waals surface area (Å²) in [5.74, 6) is 0.645. The molecule has 9 rings (SSSR count). The molecule has 63 heavy (non-hydrogen) atoms. The Morgan fingerprint density at radius 3 is 2.62 bits per heavy atom. The Labute approximate surface area is 362 Å². The number of halogens is 2. The number of nitrogens with one attached hydrogen (secondary N) is 3. The molecule has 1 unspecified atom stereocenters. The summed E-state index contributed by atoms with van der Waals surface area (Å²) in [5, 5.41) is 12.5. The third kappa shape index (κ3) is 9.32. The highest BCUT2D eigenvalue weighted by atomic mass is 19.3. The van der Waals surface area contributed by atoms with Crippen molar-refractivity contribution in [3.05, 3.63) is 76.4 Å². The van der Waals surface area contributed by atoms with Gasteiger partial charge in [0.1, 0.15) is 18.1 Å². The molecule has 18 heteroatoms. The van der Waals surface area contributed by atoms with Gasteiger partial charge in [-0.15, -0.1) is 0 Å². The maximum absolute atomic E-state index is 14.2. The van der Waals surface area contributed by atoms with Crippen LogP contribution in [0.1, 0.15) is 111 Å². The van der Waals surface area contributed by atoms with Gasteiger partial charge in [0.2, 0.25) is 17.7 Å². The van der Waals surface area contributed by atoms with Crippen molar-refractivity contribution in [2.75, 3.05) is 37.4 Å². The molecule has 4 fully saturated rings. The summed E-state index contributed by atoms with van der Waals surface area (Å²) in [6.07, 6.45) is 11.5. The second-order valence-corrected chi connectivity index (χ2v) is 17.8. The number of oxazole rings is 1. The van der Waals surface area contributed by atoms with Gasteiger partial charge in [-0.1, -0.05) is 12.1 Å². The van der Waals surface area contributed by atoms with Gasteiger partial charge in [0.05, 0.1) is 28.9 Å². The molecular weight excluding hydrogens is 815 g/mol. The standard InChI is InChI=1S/C45H54F2N10O6/c1-54(31-20-32(21-31)62-18-4-6-28-5-3-7-35-40(28)55(2)45(61)57(35)36-14-15-38(58)52-43(36)60)23-27-10-12-30(13-11-27)56-24-33(39(53-56)41(46)47)50-42(59)34-25-63-44(51-34)29-16-17-48-37(19-29)49-22-26-8-9-26/h3,5,7,16-17,19,24-27,30-32,36,41H,4,6,8-15,18,20-23H2,1-2H3,(H,48,49)(H,50,59)(H,52,58,60)/t27-,30-,31-,32-,36?. The fourth-order valence-corrected chi connectivity index (χ4v) is 9.42. The second kappa shape index (κ2) is 18.2. The Morgan fingerprint density at radius 1 is 1.06 bits per heavy atom. The molecule has 4 aliphatic rings. The molecule has 0 radical (unpaired) electrons. The number of anilines is 2. The van der Waals surface area contributed by atoms with Crippen molar-refractivity contribution >= 4 is 40.3 Å². The van der Waals surface area contributed by atoms with Crippen molar-refractivity contribution in [3.63, 3.8) is 0 Å². The van der Waals surface area contributed by atoms with E-state index in [0.29, 0.717) is 47.8 Å². The molecule has 1 saturated heterocycles. The van der Waals surface area contributed by atoms with Gasteiger partial charge in [-0.05, 0) is 113 Å². The number of nitrogens with zero attached hydrogens (tertiary/aromatic N) is 7. The second-order valence-electron chi connectivity index (χ2n) is 17.8. The van der Waals surface area contributed by atoms with Gasteiger partial charge in [-0.3, -0.25) is 33.5 Å². The van der Waals surface area contributed by atoms with E-state index in [-0.39, 0.29) is 47.4 Å². The highest BCUT2D eigenvalue weighted by Gasteiger charge is 2.35. The number of rotatable bonds is 17. The van der Waals surface area contributed by atoms with Crippen LogP contribution in [0, 0.1) is 11.8 Å². The zero-order valence-electron chi connectivity index (χ0n) is 35.6. The number of imide groups is 1. The fourth-order valence-electron chi connectivity index (χ4n) is 9.42. The van der Waals surface area contributed by atoms with Gasteiger partial charge in [0.25, 0.3) is 12.3 Å². The van der Waals surface area contributed by atoms with E-state index in [1.54, 1.807) is 34.6 Å². The van der Waals surface area contributed by atoms with Crippen molar-refractivity contribution < 1.29 is 32.3 Å². The molecule has 1 aliphatic heterocycles. The van der Waals surface area contributed by atoms with E-state index in [0.717, 1.165) is 75.5 Å². The van der Waals surface area contributed by atoms with Crippen LogP contribution in [0.5, 0.6) is 0 Å². The third-order valence-electron chi connectivity index (χ3n) is 13.3. The molecule has 1 aromatic carbocycles. The highest BCUT2D eigenvalue weighted by Crippen LogP contribution is 2.37. The van der Waals surface area contributed by atoms with E-state index in [1.165, 1.54) is 29.9 Å². The number of alkyl halides is 2. The maximum atomic E-state index is 14.2. The number of aromatic nitrogens is 6. The molecule has 5 aromatic rings. The van der Waals surface area contributed by atoms with E-state index in [9.17, 15) is 28.0 Å². The zero-order chi connectivity index (χ0) is 43.8. The van der Waals surface area contributed by atoms with Crippen LogP contribution < -0.4 is 21.6 Å². The Hall–Kier alpha value is -5.75. The molecule has 4 aromatic heterocycles. The molecule has 16 nitrogen and oxygen atoms in total. The minimum atomic E-state index is -2.87. The molecule has 3 amide bonds. The lowest BCUT2D eigenvalue weighted by Gasteiger charge is -2.43. The number of hydrogen-bond donors (Lipinski definition) is 3. The van der Waals surface area contributed by atoms with Crippen LogP contribution in [0.2, 0.25) is 0 Å². The lowest BCUT2D eigenvalue weighted by atomic mass is 9.83. The monoisotopic (exact) mass is 868 g/mol. The van der Waals surface area contributed by atoms with E-state index >= 15 is 0 Å². The number of amides is 3. The maximum Gasteiger partial charge on any atom is 0.329 e. The number of ether oxygens (including phenoxy) is 1. The van der Waals surface area contributed by atoms with Crippen LogP contribution in [0.15, 0.2) is 58.2 Å². The van der Waals surface area contributed by atoms with E-state index in [2.05, 4.69) is 43.0 Å². The minimum Gasteiger partial charge on any atom is -0.444 e. The summed E-state index contributed by atoms with van der Waals surface area (Å²) in [6.45, 7) is 2.40. The number of fused-ring (bicyclic) bond motifs is 1. The number of carbonyl (C=O) groups excluding carboxylic acids is 3. The molecule has 3 aliphatic carbocycles. The smallest absolute Gasteiger partial charge is 0.329 e. The average molecular weight is 869 g/mol. The highest BCUT2D eigenvalue weighted by molar-refractivity contribution is 6.03. The summed E-state index contributed by atoms with van der Waals surface area (Å²) in [7, 11) is 3.88. The Kier molecular flexibility index (Phi) is 12.3. The fraction of sp³-hybridized carbons (Fsp3) is 0.533. The largest absolute Gasteiger partial charge is 0.444 e. The molecule has 1 atom stereocenters. The summed E-state index contributed by atoms with van der Waals surface area (Å²) < 4.78 is 44.9. The zero-order valence-corrected chi connectivity index (χ0v) is 35.6. The van der Waals surface area contributed by atoms with Crippen molar-refractivity contribution in [1.29, 1.82) is 0 Å². The molecule has 334 valence electrons. The first kappa shape index (κ1) is 42.5. The van der Waals surface area contributed by atoms with Crippen LogP contribution in [0.4, 0.5) is 20.3 Å². The third-order valence-corrected chi connectivity index (χ3v) is 13.3. The van der Waals surface area contributed by atoms with E-state index in [1.807, 2.05) is 18.2 Å². The predicted octanol–water partition coefficient (Wildman–Crippen LogP) is 6.42. The van der Waals surface area contributed by atoms with Crippen LogP contribution in [-0.2, 0) is 27.8 Å². The van der Waals surface area contributed by atoms with Gasteiger partial charge >= 0.3 is 5.69 Å². The van der Waals surface area contributed by atoms with Crippen molar-refractivity contribution in [2.45, 2.75) is 108 Å². The number of pyridine rings is 1. The summed E-state index contributed by atoms with van der Waals surface area (Å²) in [6, 6.07) is 8.97. The van der Waals surface area contributed by atoms with Crippen molar-refractivity contribution in [3.8, 4) is 11.5 Å². The first-order chi connectivity index (χ1) is 30.5. The first-order valence-electron chi connectivity index (χ1n) is 22.2. The molecule has 3 saturated carbocycles. The van der Waals surface area contributed by atoms with Gasteiger partial charge in [-0.25, -0.2) is 23.5 Å². The van der Waals surface area contributed by atoms with E-state index in [4.69, 9.17) is 9.15 Å². The molecule has 5 heterocycles. The van der Waals surface area contributed by atoms with Gasteiger partial charge in [0.15, 0.2) is 11.4 Å². The SMILES string of the molecule is Cn1c(=O)n(C2CCC(=O)NC2=O)c2cccc(CCCO[C@H]3C[C@H](N(C)C[C@H]4CC[C@H](n5cc(NC(=O)c6coc(-c7ccnc(NCC8CC8)c7)n6)c(C(F)F)n5)CC4)C3)c21. The van der Waals surface area contributed by atoms with Gasteiger partial charge < -0.3 is 24.7 Å². The summed E-state index contributed by atoms with van der Waals surface area (Å²) in [4.78, 5) is 61.8. The molecular formula is C45H54F2N10O6. The van der Waals surface area contributed by atoms with Crippen LogP contribution in [0.25, 0.3) is 22.5 Å². The molecule has 0 bridgehead atoms. The lowest BCUT2D eigenvalue weighted by molar-refractivity contribution is -0.135. The average Bonchev–Trinajstić information content (AvgIpc) is 3.66.